The second kappa shape index (κ2) is 4.43. The van der Waals surface area contributed by atoms with Crippen molar-refractivity contribution >= 4 is 0 Å². The van der Waals surface area contributed by atoms with Crippen LogP contribution in [0.25, 0.3) is 0 Å². The van der Waals surface area contributed by atoms with Gasteiger partial charge in [0.15, 0.2) is 0 Å². The molecule has 2 nitrogen and oxygen atoms in total. The monoisotopic (exact) mass is 186 g/mol. The van der Waals surface area contributed by atoms with E-state index in [1.165, 1.54) is 0 Å². The van der Waals surface area contributed by atoms with E-state index in [0.29, 0.717) is 11.8 Å². The number of hydrogen-bond donors (Lipinski definition) is 1. The Hall–Kier alpha value is -0.0800. The predicted molar refractivity (Wildman–Crippen MR) is 53.6 cm³/mol. The second-order valence-electron chi connectivity index (χ2n) is 4.87. The van der Waals surface area contributed by atoms with Crippen LogP contribution in [-0.2, 0) is 4.74 Å². The number of aliphatic hydroxyl groups is 1. The van der Waals surface area contributed by atoms with E-state index in [1.807, 2.05) is 6.92 Å². The molecule has 13 heavy (non-hydrogen) atoms. The molecule has 2 unspecified atom stereocenters. The molecule has 0 saturated carbocycles. The van der Waals surface area contributed by atoms with Crippen molar-refractivity contribution in [3.8, 4) is 0 Å². The minimum Gasteiger partial charge on any atom is -0.390 e. The average molecular weight is 186 g/mol. The van der Waals surface area contributed by atoms with Crippen LogP contribution in [0.3, 0.4) is 0 Å². The van der Waals surface area contributed by atoms with Crippen LogP contribution in [-0.4, -0.2) is 23.9 Å². The molecule has 1 fully saturated rings. The lowest BCUT2D eigenvalue weighted by atomic mass is 9.80. The molecule has 0 amide bonds. The molecule has 1 N–H and O–H groups in total. The van der Waals surface area contributed by atoms with Gasteiger partial charge in [0.25, 0.3) is 0 Å². The van der Waals surface area contributed by atoms with E-state index >= 15 is 0 Å². The summed E-state index contributed by atoms with van der Waals surface area (Å²) in [7, 11) is 0. The van der Waals surface area contributed by atoms with Gasteiger partial charge in [-0.2, -0.15) is 0 Å². The highest BCUT2D eigenvalue weighted by molar-refractivity contribution is 4.84. The highest BCUT2D eigenvalue weighted by Gasteiger charge is 2.33. The van der Waals surface area contributed by atoms with Gasteiger partial charge >= 0.3 is 0 Å². The SMILES string of the molecule is CC(C)CC(C)(O)C1CCCOC1. The first kappa shape index (κ1) is 11.0. The van der Waals surface area contributed by atoms with Crippen LogP contribution in [0.15, 0.2) is 0 Å². The molecule has 0 radical (unpaired) electrons. The molecule has 1 saturated heterocycles. The van der Waals surface area contributed by atoms with E-state index in [4.69, 9.17) is 4.74 Å². The summed E-state index contributed by atoms with van der Waals surface area (Å²) in [6, 6.07) is 0. The Morgan fingerprint density at radius 1 is 1.54 bits per heavy atom. The van der Waals surface area contributed by atoms with Crippen molar-refractivity contribution in [1.82, 2.24) is 0 Å². The lowest BCUT2D eigenvalue weighted by Gasteiger charge is -2.36. The average Bonchev–Trinajstić information content (AvgIpc) is 2.04. The third kappa shape index (κ3) is 3.28. The maximum absolute atomic E-state index is 10.2. The second-order valence-corrected chi connectivity index (χ2v) is 4.87. The molecule has 1 rings (SSSR count). The summed E-state index contributed by atoms with van der Waals surface area (Å²) in [5.74, 6) is 0.889. The molecule has 1 heterocycles. The fraction of sp³-hybridized carbons (Fsp3) is 1.00. The first-order chi connectivity index (χ1) is 6.02. The smallest absolute Gasteiger partial charge is 0.0672 e. The van der Waals surface area contributed by atoms with Crippen LogP contribution in [0.4, 0.5) is 0 Å². The minimum atomic E-state index is -0.533. The van der Waals surface area contributed by atoms with Gasteiger partial charge in [0, 0.05) is 12.5 Å². The van der Waals surface area contributed by atoms with Gasteiger partial charge in [-0.1, -0.05) is 13.8 Å². The molecule has 0 aliphatic carbocycles. The van der Waals surface area contributed by atoms with Gasteiger partial charge in [-0.3, -0.25) is 0 Å². The van der Waals surface area contributed by atoms with Crippen LogP contribution in [0.5, 0.6) is 0 Å². The van der Waals surface area contributed by atoms with Crippen LogP contribution in [0, 0.1) is 11.8 Å². The molecule has 0 aromatic rings. The van der Waals surface area contributed by atoms with Gasteiger partial charge in [-0.05, 0) is 32.1 Å². The van der Waals surface area contributed by atoms with Crippen LogP contribution >= 0.6 is 0 Å². The molecule has 2 atom stereocenters. The lowest BCUT2D eigenvalue weighted by Crippen LogP contribution is -2.40. The molecule has 0 spiro atoms. The van der Waals surface area contributed by atoms with Gasteiger partial charge in [0.1, 0.15) is 0 Å². The fourth-order valence-electron chi connectivity index (χ4n) is 2.22. The summed E-state index contributed by atoms with van der Waals surface area (Å²) in [4.78, 5) is 0. The Morgan fingerprint density at radius 3 is 2.69 bits per heavy atom. The first-order valence-corrected chi connectivity index (χ1v) is 5.32. The summed E-state index contributed by atoms with van der Waals surface area (Å²) in [5, 5.41) is 10.2. The van der Waals surface area contributed by atoms with E-state index < -0.39 is 5.60 Å². The molecule has 0 aromatic carbocycles. The Kier molecular flexibility index (Phi) is 3.74. The van der Waals surface area contributed by atoms with E-state index in [-0.39, 0.29) is 0 Å². The Morgan fingerprint density at radius 2 is 2.23 bits per heavy atom. The van der Waals surface area contributed by atoms with Crippen molar-refractivity contribution in [2.75, 3.05) is 13.2 Å². The molecule has 0 bridgehead atoms. The Balaban J connectivity index is 2.45. The minimum absolute atomic E-state index is 0.337. The highest BCUT2D eigenvalue weighted by Crippen LogP contribution is 2.30. The van der Waals surface area contributed by atoms with E-state index in [2.05, 4.69) is 13.8 Å². The zero-order chi connectivity index (χ0) is 9.90. The summed E-state index contributed by atoms with van der Waals surface area (Å²) in [5.41, 5.74) is -0.533. The number of hydrogen-bond acceptors (Lipinski definition) is 2. The lowest BCUT2D eigenvalue weighted by molar-refractivity contribution is -0.0779. The third-order valence-corrected chi connectivity index (χ3v) is 2.86. The fourth-order valence-corrected chi connectivity index (χ4v) is 2.22. The highest BCUT2D eigenvalue weighted by atomic mass is 16.5. The molecular weight excluding hydrogens is 164 g/mol. The molecule has 1 aliphatic heterocycles. The predicted octanol–water partition coefficient (Wildman–Crippen LogP) is 2.21. The number of rotatable bonds is 3. The van der Waals surface area contributed by atoms with Gasteiger partial charge < -0.3 is 9.84 Å². The Labute approximate surface area is 81.3 Å². The van der Waals surface area contributed by atoms with Crippen molar-refractivity contribution in [2.24, 2.45) is 11.8 Å². The summed E-state index contributed by atoms with van der Waals surface area (Å²) in [6.45, 7) is 7.86. The Bertz CT molecular complexity index is 146. The molecular formula is C11H22O2. The van der Waals surface area contributed by atoms with Gasteiger partial charge in [0.2, 0.25) is 0 Å². The van der Waals surface area contributed by atoms with Crippen molar-refractivity contribution in [3.63, 3.8) is 0 Å². The third-order valence-electron chi connectivity index (χ3n) is 2.86. The zero-order valence-corrected chi connectivity index (χ0v) is 9.05. The normalized spacial score (nSPS) is 28.8. The van der Waals surface area contributed by atoms with Crippen LogP contribution in [0.2, 0.25) is 0 Å². The quantitative estimate of drug-likeness (QED) is 0.732. The van der Waals surface area contributed by atoms with Crippen LogP contribution in [0.1, 0.15) is 40.0 Å². The summed E-state index contributed by atoms with van der Waals surface area (Å²) < 4.78 is 5.39. The molecule has 78 valence electrons. The number of ether oxygens (including phenoxy) is 1. The molecule has 0 aromatic heterocycles. The topological polar surface area (TPSA) is 29.5 Å². The maximum Gasteiger partial charge on any atom is 0.0672 e. The maximum atomic E-state index is 10.2. The van der Waals surface area contributed by atoms with Crippen molar-refractivity contribution in [1.29, 1.82) is 0 Å². The molecule has 2 heteroatoms. The largest absolute Gasteiger partial charge is 0.390 e. The van der Waals surface area contributed by atoms with E-state index in [1.54, 1.807) is 0 Å². The van der Waals surface area contributed by atoms with Gasteiger partial charge in [-0.25, -0.2) is 0 Å². The zero-order valence-electron chi connectivity index (χ0n) is 9.05. The summed E-state index contributed by atoms with van der Waals surface area (Å²) >= 11 is 0. The van der Waals surface area contributed by atoms with E-state index in [9.17, 15) is 5.11 Å². The first-order valence-electron chi connectivity index (χ1n) is 5.32. The van der Waals surface area contributed by atoms with Crippen molar-refractivity contribution in [3.05, 3.63) is 0 Å². The van der Waals surface area contributed by atoms with Crippen molar-refractivity contribution < 1.29 is 9.84 Å². The van der Waals surface area contributed by atoms with Crippen molar-refractivity contribution in [2.45, 2.75) is 45.6 Å². The van der Waals surface area contributed by atoms with Crippen LogP contribution < -0.4 is 0 Å². The van der Waals surface area contributed by atoms with Gasteiger partial charge in [-0.15, -0.1) is 0 Å². The standard InChI is InChI=1S/C11H22O2/c1-9(2)7-11(3,12)10-5-4-6-13-8-10/h9-10,12H,4-8H2,1-3H3. The molecule has 1 aliphatic rings. The summed E-state index contributed by atoms with van der Waals surface area (Å²) in [6.07, 6.45) is 3.08. The van der Waals surface area contributed by atoms with Gasteiger partial charge in [0.05, 0.1) is 12.2 Å². The van der Waals surface area contributed by atoms with E-state index in [0.717, 1.165) is 32.5 Å².